The molecule has 3 aromatic carbocycles. The van der Waals surface area contributed by atoms with Crippen molar-refractivity contribution in [1.29, 1.82) is 0 Å². The Hall–Kier alpha value is -3.24. The second-order valence-electron chi connectivity index (χ2n) is 6.00. The first-order valence-corrected chi connectivity index (χ1v) is 9.50. The third kappa shape index (κ3) is 3.96. The number of hydrogen-bond donors (Lipinski definition) is 0. The number of nitrogens with zero attached hydrogens (tertiary/aromatic N) is 1. The number of benzene rings is 3. The van der Waals surface area contributed by atoms with Gasteiger partial charge in [-0.05, 0) is 17.2 Å². The van der Waals surface area contributed by atoms with Gasteiger partial charge in [0.05, 0.1) is 11.3 Å². The van der Waals surface area contributed by atoms with Crippen molar-refractivity contribution >= 4 is 17.3 Å². The molecule has 0 N–H and O–H groups in total. The number of ether oxygens (including phenoxy) is 1. The van der Waals surface area contributed by atoms with Crippen molar-refractivity contribution in [3.05, 3.63) is 102 Å². The van der Waals surface area contributed by atoms with E-state index in [4.69, 9.17) is 4.74 Å². The molecule has 0 unspecified atom stereocenters. The summed E-state index contributed by atoms with van der Waals surface area (Å²) in [5.41, 5.74) is 4.23. The first-order chi connectivity index (χ1) is 13.3. The standard InChI is InChI=1S/C23H17NO2S/c25-23(21-14-8-7-13-20(21)17-9-3-1-4-10-17)26-15-19-16-27-22(24-19)18-11-5-2-6-12-18/h1-14,16H,15H2. The maximum atomic E-state index is 12.6. The summed E-state index contributed by atoms with van der Waals surface area (Å²) in [6.45, 7) is 0.158. The van der Waals surface area contributed by atoms with Crippen molar-refractivity contribution < 1.29 is 9.53 Å². The van der Waals surface area contributed by atoms with Crippen LogP contribution in [-0.2, 0) is 11.3 Å². The van der Waals surface area contributed by atoms with Gasteiger partial charge in [-0.25, -0.2) is 9.78 Å². The third-order valence-electron chi connectivity index (χ3n) is 4.16. The van der Waals surface area contributed by atoms with Gasteiger partial charge in [-0.3, -0.25) is 0 Å². The van der Waals surface area contributed by atoms with Crippen LogP contribution in [0.5, 0.6) is 0 Å². The number of hydrogen-bond acceptors (Lipinski definition) is 4. The molecular weight excluding hydrogens is 354 g/mol. The van der Waals surface area contributed by atoms with Gasteiger partial charge in [-0.15, -0.1) is 11.3 Å². The lowest BCUT2D eigenvalue weighted by Gasteiger charge is -2.09. The van der Waals surface area contributed by atoms with Crippen molar-refractivity contribution in [2.75, 3.05) is 0 Å². The predicted octanol–water partition coefficient (Wildman–Crippen LogP) is 5.83. The molecule has 0 amide bonds. The molecule has 4 rings (SSSR count). The summed E-state index contributed by atoms with van der Waals surface area (Å²) in [6.07, 6.45) is 0. The van der Waals surface area contributed by atoms with Crippen LogP contribution >= 0.6 is 11.3 Å². The summed E-state index contributed by atoms with van der Waals surface area (Å²) in [4.78, 5) is 17.2. The number of carbonyl (C=O) groups excluding carboxylic acids is 1. The second-order valence-corrected chi connectivity index (χ2v) is 6.86. The molecule has 0 fully saturated rings. The minimum atomic E-state index is -0.344. The minimum absolute atomic E-state index is 0.158. The first kappa shape index (κ1) is 17.2. The average Bonchev–Trinajstić information content (AvgIpc) is 3.22. The maximum absolute atomic E-state index is 12.6. The lowest BCUT2D eigenvalue weighted by Crippen LogP contribution is -2.07. The molecule has 0 aliphatic carbocycles. The van der Waals surface area contributed by atoms with Gasteiger partial charge in [0.1, 0.15) is 11.6 Å². The molecule has 0 saturated carbocycles. The SMILES string of the molecule is O=C(OCc1csc(-c2ccccc2)n1)c1ccccc1-c1ccccc1. The summed E-state index contributed by atoms with van der Waals surface area (Å²) < 4.78 is 5.53. The van der Waals surface area contributed by atoms with Crippen LogP contribution in [-0.4, -0.2) is 11.0 Å². The summed E-state index contributed by atoms with van der Waals surface area (Å²) in [6, 6.07) is 27.3. The van der Waals surface area contributed by atoms with E-state index in [0.717, 1.165) is 27.4 Å². The van der Waals surface area contributed by atoms with E-state index in [1.807, 2.05) is 84.2 Å². The second kappa shape index (κ2) is 7.98. The Morgan fingerprint density at radius 1 is 0.815 bits per heavy atom. The van der Waals surface area contributed by atoms with Gasteiger partial charge < -0.3 is 4.74 Å². The van der Waals surface area contributed by atoms with Gasteiger partial charge >= 0.3 is 5.97 Å². The number of thiazole rings is 1. The quantitative estimate of drug-likeness (QED) is 0.414. The van der Waals surface area contributed by atoms with Crippen molar-refractivity contribution in [3.63, 3.8) is 0 Å². The van der Waals surface area contributed by atoms with E-state index in [9.17, 15) is 4.79 Å². The van der Waals surface area contributed by atoms with E-state index in [2.05, 4.69) is 4.98 Å². The fraction of sp³-hybridized carbons (Fsp3) is 0.0435. The average molecular weight is 371 g/mol. The summed E-state index contributed by atoms with van der Waals surface area (Å²) in [5.74, 6) is -0.344. The summed E-state index contributed by atoms with van der Waals surface area (Å²) in [5, 5.41) is 2.85. The third-order valence-corrected chi connectivity index (χ3v) is 5.10. The van der Waals surface area contributed by atoms with Gasteiger partial charge in [-0.1, -0.05) is 78.9 Å². The van der Waals surface area contributed by atoms with Crippen LogP contribution < -0.4 is 0 Å². The topological polar surface area (TPSA) is 39.2 Å². The van der Waals surface area contributed by atoms with Crippen LogP contribution in [0.25, 0.3) is 21.7 Å². The lowest BCUT2D eigenvalue weighted by molar-refractivity contribution is 0.0469. The lowest BCUT2D eigenvalue weighted by atomic mass is 10.00. The fourth-order valence-electron chi connectivity index (χ4n) is 2.83. The zero-order valence-corrected chi connectivity index (χ0v) is 15.4. The number of carbonyl (C=O) groups is 1. The molecule has 1 heterocycles. The molecule has 3 nitrogen and oxygen atoms in total. The van der Waals surface area contributed by atoms with Crippen LogP contribution in [0.1, 0.15) is 16.1 Å². The Labute approximate surface area is 161 Å². The van der Waals surface area contributed by atoms with Crippen molar-refractivity contribution in [2.24, 2.45) is 0 Å². The van der Waals surface area contributed by atoms with Gasteiger partial charge in [0.15, 0.2) is 0 Å². The smallest absolute Gasteiger partial charge is 0.339 e. The highest BCUT2D eigenvalue weighted by atomic mass is 32.1. The number of rotatable bonds is 5. The van der Waals surface area contributed by atoms with Gasteiger partial charge in [0.2, 0.25) is 0 Å². The number of esters is 1. The summed E-state index contributed by atoms with van der Waals surface area (Å²) >= 11 is 1.55. The van der Waals surface area contributed by atoms with Crippen LogP contribution in [0, 0.1) is 0 Å². The van der Waals surface area contributed by atoms with Gasteiger partial charge in [0.25, 0.3) is 0 Å². The first-order valence-electron chi connectivity index (χ1n) is 8.62. The van der Waals surface area contributed by atoms with Crippen molar-refractivity contribution in [1.82, 2.24) is 4.98 Å². The molecule has 1 aromatic heterocycles. The Balaban J connectivity index is 1.49. The van der Waals surface area contributed by atoms with Gasteiger partial charge in [-0.2, -0.15) is 0 Å². The van der Waals surface area contributed by atoms with Crippen molar-refractivity contribution in [3.8, 4) is 21.7 Å². The Morgan fingerprint density at radius 2 is 1.44 bits per heavy atom. The maximum Gasteiger partial charge on any atom is 0.339 e. The Morgan fingerprint density at radius 3 is 2.19 bits per heavy atom. The highest BCUT2D eigenvalue weighted by molar-refractivity contribution is 7.13. The Bertz CT molecular complexity index is 1040. The Kier molecular flexibility index (Phi) is 5.08. The van der Waals surface area contributed by atoms with E-state index in [1.165, 1.54) is 0 Å². The van der Waals surface area contributed by atoms with E-state index >= 15 is 0 Å². The van der Waals surface area contributed by atoms with Crippen molar-refractivity contribution in [2.45, 2.75) is 6.61 Å². The molecule has 27 heavy (non-hydrogen) atoms. The zero-order valence-electron chi connectivity index (χ0n) is 14.5. The molecule has 0 aliphatic rings. The molecule has 132 valence electrons. The molecule has 0 spiro atoms. The molecular formula is C23H17NO2S. The van der Waals surface area contributed by atoms with E-state index in [-0.39, 0.29) is 12.6 Å². The largest absolute Gasteiger partial charge is 0.456 e. The number of aromatic nitrogens is 1. The van der Waals surface area contributed by atoms with E-state index in [0.29, 0.717) is 5.56 Å². The minimum Gasteiger partial charge on any atom is -0.456 e. The van der Waals surface area contributed by atoms with Crippen LogP contribution in [0.15, 0.2) is 90.3 Å². The summed E-state index contributed by atoms with van der Waals surface area (Å²) in [7, 11) is 0. The van der Waals surface area contributed by atoms with E-state index < -0.39 is 0 Å². The molecule has 4 heteroatoms. The zero-order chi connectivity index (χ0) is 18.5. The molecule has 0 aliphatic heterocycles. The van der Waals surface area contributed by atoms with Gasteiger partial charge in [0, 0.05) is 10.9 Å². The van der Waals surface area contributed by atoms with Crippen LogP contribution in [0.2, 0.25) is 0 Å². The molecule has 0 bridgehead atoms. The van der Waals surface area contributed by atoms with Crippen LogP contribution in [0.4, 0.5) is 0 Å². The molecule has 0 radical (unpaired) electrons. The molecule has 0 atom stereocenters. The van der Waals surface area contributed by atoms with E-state index in [1.54, 1.807) is 17.4 Å². The highest BCUT2D eigenvalue weighted by Crippen LogP contribution is 2.26. The molecule has 4 aromatic rings. The highest BCUT2D eigenvalue weighted by Gasteiger charge is 2.14. The predicted molar refractivity (Wildman–Crippen MR) is 109 cm³/mol. The normalized spacial score (nSPS) is 10.5. The monoisotopic (exact) mass is 371 g/mol. The fourth-order valence-corrected chi connectivity index (χ4v) is 3.64. The molecule has 0 saturated heterocycles. The van der Waals surface area contributed by atoms with Crippen LogP contribution in [0.3, 0.4) is 0 Å².